The van der Waals surface area contributed by atoms with Gasteiger partial charge in [0.2, 0.25) is 0 Å². The van der Waals surface area contributed by atoms with Crippen LogP contribution in [0.5, 0.6) is 0 Å². The number of anilines is 2. The summed E-state index contributed by atoms with van der Waals surface area (Å²) in [6.07, 6.45) is 0.848. The number of alkyl halides is 2. The molecule has 0 amide bonds. The van der Waals surface area contributed by atoms with E-state index in [0.717, 1.165) is 5.56 Å². The highest BCUT2D eigenvalue weighted by molar-refractivity contribution is 5.60. The first kappa shape index (κ1) is 14.2. The first-order chi connectivity index (χ1) is 9.61. The SMILES string of the molecule is CCN(Cc1ccncc1)c1ccc(N)cc1C(F)F. The zero-order valence-corrected chi connectivity index (χ0v) is 11.3. The van der Waals surface area contributed by atoms with Crippen molar-refractivity contribution in [1.82, 2.24) is 4.98 Å². The molecule has 0 spiro atoms. The molecule has 0 saturated heterocycles. The molecule has 106 valence electrons. The van der Waals surface area contributed by atoms with E-state index < -0.39 is 6.43 Å². The summed E-state index contributed by atoms with van der Waals surface area (Å²) in [7, 11) is 0. The van der Waals surface area contributed by atoms with Crippen LogP contribution in [0.2, 0.25) is 0 Å². The molecule has 0 aliphatic carbocycles. The van der Waals surface area contributed by atoms with Crippen molar-refractivity contribution in [1.29, 1.82) is 0 Å². The zero-order valence-electron chi connectivity index (χ0n) is 11.3. The summed E-state index contributed by atoms with van der Waals surface area (Å²) in [5, 5.41) is 0. The third kappa shape index (κ3) is 3.23. The molecular formula is C15H17F2N3. The van der Waals surface area contributed by atoms with Gasteiger partial charge in [-0.2, -0.15) is 0 Å². The normalized spacial score (nSPS) is 10.8. The van der Waals surface area contributed by atoms with Gasteiger partial charge in [-0.25, -0.2) is 8.78 Å². The molecule has 0 radical (unpaired) electrons. The second kappa shape index (κ2) is 6.32. The maximum atomic E-state index is 13.2. The Bertz CT molecular complexity index is 558. The first-order valence-electron chi connectivity index (χ1n) is 6.43. The van der Waals surface area contributed by atoms with E-state index in [1.807, 2.05) is 24.0 Å². The van der Waals surface area contributed by atoms with Gasteiger partial charge in [-0.1, -0.05) is 0 Å². The number of nitrogen functional groups attached to an aromatic ring is 1. The number of benzene rings is 1. The highest BCUT2D eigenvalue weighted by Crippen LogP contribution is 2.32. The highest BCUT2D eigenvalue weighted by atomic mass is 19.3. The van der Waals surface area contributed by atoms with Gasteiger partial charge < -0.3 is 10.6 Å². The molecule has 2 N–H and O–H groups in total. The van der Waals surface area contributed by atoms with E-state index in [-0.39, 0.29) is 5.56 Å². The standard InChI is InChI=1S/C15H17F2N3/c1-2-20(10-11-5-7-19-8-6-11)14-4-3-12(18)9-13(14)15(16)17/h3-9,15H,2,10,18H2,1H3. The quantitative estimate of drug-likeness (QED) is 0.849. The van der Waals surface area contributed by atoms with Crippen molar-refractivity contribution in [2.24, 2.45) is 0 Å². The lowest BCUT2D eigenvalue weighted by Crippen LogP contribution is -2.23. The number of nitrogens with zero attached hydrogens (tertiary/aromatic N) is 2. The van der Waals surface area contributed by atoms with Crippen LogP contribution in [0, 0.1) is 0 Å². The Hall–Kier alpha value is -2.17. The van der Waals surface area contributed by atoms with Crippen molar-refractivity contribution in [2.45, 2.75) is 19.9 Å². The van der Waals surface area contributed by atoms with Gasteiger partial charge in [-0.3, -0.25) is 4.98 Å². The third-order valence-corrected chi connectivity index (χ3v) is 3.13. The molecule has 0 aliphatic heterocycles. The average molecular weight is 277 g/mol. The molecule has 0 bridgehead atoms. The van der Waals surface area contributed by atoms with Gasteiger partial charge in [-0.15, -0.1) is 0 Å². The van der Waals surface area contributed by atoms with Gasteiger partial charge >= 0.3 is 0 Å². The fraction of sp³-hybridized carbons (Fsp3) is 0.267. The number of halogens is 2. The smallest absolute Gasteiger partial charge is 0.265 e. The minimum atomic E-state index is -2.54. The Balaban J connectivity index is 2.32. The van der Waals surface area contributed by atoms with E-state index in [0.29, 0.717) is 24.5 Å². The largest absolute Gasteiger partial charge is 0.399 e. The van der Waals surface area contributed by atoms with Crippen LogP contribution in [-0.4, -0.2) is 11.5 Å². The summed E-state index contributed by atoms with van der Waals surface area (Å²) in [4.78, 5) is 5.85. The molecule has 2 aromatic rings. The van der Waals surface area contributed by atoms with E-state index in [1.165, 1.54) is 6.07 Å². The molecule has 3 nitrogen and oxygen atoms in total. The van der Waals surface area contributed by atoms with Crippen LogP contribution in [0.1, 0.15) is 24.5 Å². The third-order valence-electron chi connectivity index (χ3n) is 3.13. The molecule has 5 heteroatoms. The molecule has 0 atom stereocenters. The monoisotopic (exact) mass is 277 g/mol. The number of nitrogens with two attached hydrogens (primary N) is 1. The fourth-order valence-electron chi connectivity index (χ4n) is 2.11. The van der Waals surface area contributed by atoms with E-state index >= 15 is 0 Å². The Kier molecular flexibility index (Phi) is 4.50. The van der Waals surface area contributed by atoms with Crippen LogP contribution in [0.4, 0.5) is 20.2 Å². The van der Waals surface area contributed by atoms with Crippen molar-refractivity contribution < 1.29 is 8.78 Å². The number of hydrogen-bond acceptors (Lipinski definition) is 3. The van der Waals surface area contributed by atoms with Gasteiger partial charge in [0.15, 0.2) is 0 Å². The molecule has 1 aromatic carbocycles. The number of hydrogen-bond donors (Lipinski definition) is 1. The molecular weight excluding hydrogens is 260 g/mol. The summed E-state index contributed by atoms with van der Waals surface area (Å²) in [6.45, 7) is 3.13. The van der Waals surface area contributed by atoms with Crippen molar-refractivity contribution in [3.63, 3.8) is 0 Å². The molecule has 1 aromatic heterocycles. The van der Waals surface area contributed by atoms with Crippen LogP contribution in [0.15, 0.2) is 42.7 Å². The molecule has 1 heterocycles. The summed E-state index contributed by atoms with van der Waals surface area (Å²) >= 11 is 0. The summed E-state index contributed by atoms with van der Waals surface area (Å²) in [5.41, 5.74) is 7.47. The average Bonchev–Trinajstić information content (AvgIpc) is 2.46. The molecule has 0 fully saturated rings. The molecule has 0 unspecified atom stereocenters. The molecule has 20 heavy (non-hydrogen) atoms. The number of aromatic nitrogens is 1. The second-order valence-electron chi connectivity index (χ2n) is 4.49. The fourth-order valence-corrected chi connectivity index (χ4v) is 2.11. The maximum absolute atomic E-state index is 13.2. The number of rotatable bonds is 5. The molecule has 2 rings (SSSR count). The van der Waals surface area contributed by atoms with Gasteiger partial charge in [-0.05, 0) is 42.8 Å². The van der Waals surface area contributed by atoms with Gasteiger partial charge in [0.25, 0.3) is 6.43 Å². The topological polar surface area (TPSA) is 42.2 Å². The Labute approximate surface area is 117 Å². The second-order valence-corrected chi connectivity index (χ2v) is 4.49. The molecule has 0 saturated carbocycles. The Morgan fingerprint density at radius 3 is 2.50 bits per heavy atom. The maximum Gasteiger partial charge on any atom is 0.265 e. The Morgan fingerprint density at radius 1 is 1.20 bits per heavy atom. The number of pyridine rings is 1. The van der Waals surface area contributed by atoms with Crippen molar-refractivity contribution in [3.8, 4) is 0 Å². The summed E-state index contributed by atoms with van der Waals surface area (Å²) in [6, 6.07) is 8.40. The lowest BCUT2D eigenvalue weighted by atomic mass is 10.1. The van der Waals surface area contributed by atoms with E-state index in [9.17, 15) is 8.78 Å². The lowest BCUT2D eigenvalue weighted by molar-refractivity contribution is 0.152. The van der Waals surface area contributed by atoms with Crippen LogP contribution in [-0.2, 0) is 6.54 Å². The van der Waals surface area contributed by atoms with Crippen LogP contribution >= 0.6 is 0 Å². The van der Waals surface area contributed by atoms with Crippen LogP contribution < -0.4 is 10.6 Å². The first-order valence-corrected chi connectivity index (χ1v) is 6.43. The minimum absolute atomic E-state index is 0.0269. The predicted octanol–water partition coefficient (Wildman–Crippen LogP) is 3.63. The van der Waals surface area contributed by atoms with Gasteiger partial charge in [0.05, 0.1) is 0 Å². The van der Waals surface area contributed by atoms with E-state index in [1.54, 1.807) is 24.5 Å². The van der Waals surface area contributed by atoms with Gasteiger partial charge in [0.1, 0.15) is 0 Å². The van der Waals surface area contributed by atoms with Crippen LogP contribution in [0.25, 0.3) is 0 Å². The van der Waals surface area contributed by atoms with E-state index in [2.05, 4.69) is 4.98 Å². The molecule has 0 aliphatic rings. The summed E-state index contributed by atoms with van der Waals surface area (Å²) in [5.74, 6) is 0. The minimum Gasteiger partial charge on any atom is -0.399 e. The van der Waals surface area contributed by atoms with E-state index in [4.69, 9.17) is 5.73 Å². The highest BCUT2D eigenvalue weighted by Gasteiger charge is 2.17. The van der Waals surface area contributed by atoms with Crippen molar-refractivity contribution in [3.05, 3.63) is 53.9 Å². The van der Waals surface area contributed by atoms with Crippen molar-refractivity contribution >= 4 is 11.4 Å². The zero-order chi connectivity index (χ0) is 14.5. The van der Waals surface area contributed by atoms with Gasteiger partial charge in [0, 0.05) is 42.4 Å². The van der Waals surface area contributed by atoms with Crippen LogP contribution in [0.3, 0.4) is 0 Å². The summed E-state index contributed by atoms with van der Waals surface area (Å²) < 4.78 is 26.3. The lowest BCUT2D eigenvalue weighted by Gasteiger charge is -2.26. The Morgan fingerprint density at radius 2 is 1.90 bits per heavy atom. The van der Waals surface area contributed by atoms with Crippen molar-refractivity contribution in [2.75, 3.05) is 17.2 Å². The predicted molar refractivity (Wildman–Crippen MR) is 76.8 cm³/mol.